The molecular formula is C25H30F2N2O5. The monoisotopic (exact) mass is 476 g/mol. The lowest BCUT2D eigenvalue weighted by atomic mass is 10.1. The zero-order chi connectivity index (χ0) is 24.2. The number of piperidine rings is 1. The van der Waals surface area contributed by atoms with E-state index in [1.165, 1.54) is 12.1 Å². The van der Waals surface area contributed by atoms with E-state index in [2.05, 4.69) is 0 Å². The SMILES string of the molecule is COc1ccc(F)c(N2CCC(Oc3ccc(N4C[C@H](OC)C[C@@H]4CC(=O)O)cc3F)CC2)c1. The minimum atomic E-state index is -0.896. The molecule has 0 spiro atoms. The number of nitrogens with zero attached hydrogens (tertiary/aromatic N) is 2. The van der Waals surface area contributed by atoms with Gasteiger partial charge >= 0.3 is 5.97 Å². The molecule has 1 N–H and O–H groups in total. The quantitative estimate of drug-likeness (QED) is 0.615. The van der Waals surface area contributed by atoms with E-state index in [4.69, 9.17) is 14.2 Å². The average molecular weight is 477 g/mol. The van der Waals surface area contributed by atoms with Gasteiger partial charge < -0.3 is 29.1 Å². The normalized spacial score (nSPS) is 21.1. The fraction of sp³-hybridized carbons (Fsp3) is 0.480. The summed E-state index contributed by atoms with van der Waals surface area (Å²) in [6, 6.07) is 9.15. The third kappa shape index (κ3) is 5.35. The van der Waals surface area contributed by atoms with Crippen LogP contribution in [0.5, 0.6) is 11.5 Å². The Labute approximate surface area is 197 Å². The van der Waals surface area contributed by atoms with Gasteiger partial charge in [-0.3, -0.25) is 4.79 Å². The molecule has 2 saturated heterocycles. The predicted molar refractivity (Wildman–Crippen MR) is 124 cm³/mol. The highest BCUT2D eigenvalue weighted by molar-refractivity contribution is 5.69. The molecule has 34 heavy (non-hydrogen) atoms. The molecular weight excluding hydrogens is 446 g/mol. The lowest BCUT2D eigenvalue weighted by Crippen LogP contribution is -2.38. The second-order valence-electron chi connectivity index (χ2n) is 8.73. The third-order valence-electron chi connectivity index (χ3n) is 6.60. The van der Waals surface area contributed by atoms with Gasteiger partial charge in [0.2, 0.25) is 0 Å². The summed E-state index contributed by atoms with van der Waals surface area (Å²) in [5.41, 5.74) is 1.10. The highest BCUT2D eigenvalue weighted by Crippen LogP contribution is 2.33. The molecule has 0 radical (unpaired) electrons. The van der Waals surface area contributed by atoms with Crippen molar-refractivity contribution in [1.29, 1.82) is 0 Å². The van der Waals surface area contributed by atoms with Crippen LogP contribution in [0.15, 0.2) is 36.4 Å². The van der Waals surface area contributed by atoms with Crippen LogP contribution in [0.25, 0.3) is 0 Å². The first kappa shape index (κ1) is 24.1. The molecule has 0 amide bonds. The van der Waals surface area contributed by atoms with E-state index in [9.17, 15) is 18.7 Å². The fourth-order valence-corrected chi connectivity index (χ4v) is 4.78. The maximum absolute atomic E-state index is 14.9. The van der Waals surface area contributed by atoms with Gasteiger partial charge in [-0.2, -0.15) is 0 Å². The number of carbonyl (C=O) groups is 1. The molecule has 0 aliphatic carbocycles. The van der Waals surface area contributed by atoms with Gasteiger partial charge in [0.1, 0.15) is 17.7 Å². The molecule has 0 saturated carbocycles. The first-order valence-corrected chi connectivity index (χ1v) is 11.4. The number of methoxy groups -OCH3 is 2. The van der Waals surface area contributed by atoms with Crippen LogP contribution >= 0.6 is 0 Å². The summed E-state index contributed by atoms with van der Waals surface area (Å²) in [5.74, 6) is -0.939. The van der Waals surface area contributed by atoms with Crippen molar-refractivity contribution in [3.05, 3.63) is 48.0 Å². The molecule has 2 fully saturated rings. The minimum absolute atomic E-state index is 0.0355. The highest BCUT2D eigenvalue weighted by Gasteiger charge is 2.34. The molecule has 0 aromatic heterocycles. The molecule has 2 aliphatic heterocycles. The van der Waals surface area contributed by atoms with Gasteiger partial charge in [-0.25, -0.2) is 8.78 Å². The van der Waals surface area contributed by atoms with Crippen LogP contribution in [0.4, 0.5) is 20.2 Å². The van der Waals surface area contributed by atoms with Crippen LogP contribution < -0.4 is 19.3 Å². The Morgan fingerprint density at radius 3 is 2.47 bits per heavy atom. The highest BCUT2D eigenvalue weighted by atomic mass is 19.1. The van der Waals surface area contributed by atoms with Crippen molar-refractivity contribution in [3.8, 4) is 11.5 Å². The molecule has 0 bridgehead atoms. The summed E-state index contributed by atoms with van der Waals surface area (Å²) >= 11 is 0. The second-order valence-corrected chi connectivity index (χ2v) is 8.73. The standard InChI is InChI=1S/C25H30F2N2O5/c1-32-19-4-5-21(26)23(14-19)28-9-7-18(8-10-28)34-24-6-3-16(12-22(24)27)29-15-20(33-2)11-17(29)13-25(30)31/h3-6,12,14,17-18,20H,7-11,13,15H2,1-2H3,(H,30,31)/t17-,20-/m1/s1. The minimum Gasteiger partial charge on any atom is -0.497 e. The fourth-order valence-electron chi connectivity index (χ4n) is 4.78. The van der Waals surface area contributed by atoms with Crippen LogP contribution in [0.3, 0.4) is 0 Å². The Morgan fingerprint density at radius 2 is 1.82 bits per heavy atom. The zero-order valence-corrected chi connectivity index (χ0v) is 19.4. The topological polar surface area (TPSA) is 71.5 Å². The van der Waals surface area contributed by atoms with Crippen LogP contribution in [0.2, 0.25) is 0 Å². The van der Waals surface area contributed by atoms with Crippen molar-refractivity contribution < 1.29 is 32.9 Å². The molecule has 2 heterocycles. The average Bonchev–Trinajstić information content (AvgIpc) is 3.23. The maximum Gasteiger partial charge on any atom is 0.305 e. The van der Waals surface area contributed by atoms with E-state index in [0.29, 0.717) is 56.0 Å². The number of halogens is 2. The van der Waals surface area contributed by atoms with Gasteiger partial charge in [0.05, 0.1) is 25.3 Å². The Balaban J connectivity index is 1.39. The zero-order valence-electron chi connectivity index (χ0n) is 19.4. The van der Waals surface area contributed by atoms with E-state index >= 15 is 0 Å². The number of ether oxygens (including phenoxy) is 3. The molecule has 2 atom stereocenters. The maximum atomic E-state index is 14.9. The van der Waals surface area contributed by atoms with E-state index in [1.807, 2.05) is 9.80 Å². The summed E-state index contributed by atoms with van der Waals surface area (Å²) in [7, 11) is 3.14. The predicted octanol–water partition coefficient (Wildman–Crippen LogP) is 4.09. The Bertz CT molecular complexity index is 1010. The van der Waals surface area contributed by atoms with Gasteiger partial charge in [-0.15, -0.1) is 0 Å². The molecule has 0 unspecified atom stereocenters. The van der Waals surface area contributed by atoms with Gasteiger partial charge in [-0.05, 0) is 30.7 Å². The Kier molecular flexibility index (Phi) is 7.41. The summed E-state index contributed by atoms with van der Waals surface area (Å²) in [4.78, 5) is 15.1. The van der Waals surface area contributed by atoms with Crippen molar-refractivity contribution in [1.82, 2.24) is 0 Å². The second kappa shape index (κ2) is 10.5. The number of anilines is 2. The summed E-state index contributed by atoms with van der Waals surface area (Å²) < 4.78 is 45.7. The van der Waals surface area contributed by atoms with Gasteiger partial charge in [-0.1, -0.05) is 0 Å². The first-order valence-electron chi connectivity index (χ1n) is 11.4. The molecule has 9 heteroatoms. The number of rotatable bonds is 8. The number of carboxylic acid groups (broad SMARTS) is 1. The van der Waals surface area contributed by atoms with E-state index in [0.717, 1.165) is 0 Å². The van der Waals surface area contributed by atoms with E-state index in [-0.39, 0.29) is 36.2 Å². The number of hydrogen-bond acceptors (Lipinski definition) is 6. The van der Waals surface area contributed by atoms with Crippen LogP contribution in [0.1, 0.15) is 25.7 Å². The first-order chi connectivity index (χ1) is 16.4. The molecule has 2 aliphatic rings. The smallest absolute Gasteiger partial charge is 0.305 e. The summed E-state index contributed by atoms with van der Waals surface area (Å²) in [6.07, 6.45) is 1.51. The largest absolute Gasteiger partial charge is 0.497 e. The van der Waals surface area contributed by atoms with Gasteiger partial charge in [0.15, 0.2) is 11.6 Å². The van der Waals surface area contributed by atoms with E-state index < -0.39 is 11.8 Å². The lowest BCUT2D eigenvalue weighted by molar-refractivity contribution is -0.137. The number of aliphatic carboxylic acids is 1. The number of carboxylic acids is 1. The van der Waals surface area contributed by atoms with Gasteiger partial charge in [0.25, 0.3) is 0 Å². The van der Waals surface area contributed by atoms with Crippen molar-refractivity contribution in [3.63, 3.8) is 0 Å². The summed E-state index contributed by atoms with van der Waals surface area (Å²) in [5, 5.41) is 9.22. The number of hydrogen-bond donors (Lipinski definition) is 1. The van der Waals surface area contributed by atoms with Crippen LogP contribution in [0, 0.1) is 11.6 Å². The van der Waals surface area contributed by atoms with Crippen molar-refractivity contribution >= 4 is 17.3 Å². The summed E-state index contributed by atoms with van der Waals surface area (Å²) in [6.45, 7) is 1.67. The third-order valence-corrected chi connectivity index (χ3v) is 6.60. The molecule has 4 rings (SSSR count). The molecule has 7 nitrogen and oxygen atoms in total. The van der Waals surface area contributed by atoms with Crippen LogP contribution in [-0.4, -0.2) is 63.2 Å². The molecule has 184 valence electrons. The molecule has 2 aromatic carbocycles. The van der Waals surface area contributed by atoms with Crippen molar-refractivity contribution in [2.75, 3.05) is 43.7 Å². The Hall–Kier alpha value is -3.07. The molecule has 2 aromatic rings. The lowest BCUT2D eigenvalue weighted by Gasteiger charge is -2.34. The van der Waals surface area contributed by atoms with E-state index in [1.54, 1.807) is 38.5 Å². The number of benzene rings is 2. The van der Waals surface area contributed by atoms with Crippen LogP contribution in [-0.2, 0) is 9.53 Å². The van der Waals surface area contributed by atoms with Gasteiger partial charge in [0, 0.05) is 63.4 Å². The van der Waals surface area contributed by atoms with Crippen molar-refractivity contribution in [2.24, 2.45) is 0 Å². The van der Waals surface area contributed by atoms with Crippen molar-refractivity contribution in [2.45, 2.75) is 43.9 Å². The Morgan fingerprint density at radius 1 is 1.06 bits per heavy atom.